The third kappa shape index (κ3) is 3.31. The Morgan fingerprint density at radius 1 is 1.67 bits per heavy atom. The van der Waals surface area contributed by atoms with Gasteiger partial charge in [-0.3, -0.25) is 0 Å². The van der Waals surface area contributed by atoms with E-state index >= 15 is 0 Å². The van der Waals surface area contributed by atoms with E-state index in [1.807, 2.05) is 0 Å². The molecular formula is C2F2NO. The Balaban J connectivity index is 3.55. The van der Waals surface area contributed by atoms with Gasteiger partial charge in [0.25, 0.3) is 0 Å². The molecule has 2 nitrogen and oxygen atoms in total. The van der Waals surface area contributed by atoms with Crippen LogP contribution in [0, 0.1) is 11.3 Å². The van der Waals surface area contributed by atoms with E-state index in [9.17, 15) is 8.78 Å². The smallest absolute Gasteiger partial charge is 0.189 e. The van der Waals surface area contributed by atoms with Crippen molar-refractivity contribution in [3.63, 3.8) is 0 Å². The molecule has 0 saturated carbocycles. The summed E-state index contributed by atoms with van der Waals surface area (Å²) in [7, 11) is 0. The number of alkyl halides is 2. The monoisotopic (exact) mass is 92.0 g/mol. The molecule has 0 aromatic rings. The Morgan fingerprint density at radius 3 is 1.83 bits per heavy atom. The summed E-state index contributed by atoms with van der Waals surface area (Å²) in [6.45, 7) is 0. The summed E-state index contributed by atoms with van der Waals surface area (Å²) in [6.07, 6.45) is -4.40. The van der Waals surface area contributed by atoms with Crippen molar-refractivity contribution in [3.8, 4) is 6.07 Å². The van der Waals surface area contributed by atoms with E-state index in [0.29, 0.717) is 0 Å². The fourth-order valence-corrected chi connectivity index (χ4v) is 0. The highest BCUT2D eigenvalue weighted by atomic mass is 19.3. The number of rotatable bonds is 0. The third-order valence-corrected chi connectivity index (χ3v) is 0.130. The van der Waals surface area contributed by atoms with Crippen LogP contribution >= 0.6 is 0 Å². The van der Waals surface area contributed by atoms with Crippen LogP contribution < -0.4 is 0 Å². The lowest BCUT2D eigenvalue weighted by molar-refractivity contribution is -0.193. The molecule has 0 spiro atoms. The number of hydrogen-bond acceptors (Lipinski definition) is 1. The normalized spacial score (nSPS) is 10.3. The first-order valence-electron chi connectivity index (χ1n) is 1.06. The Hall–Kier alpha value is -0.690. The van der Waals surface area contributed by atoms with E-state index in [1.54, 1.807) is 0 Å². The first-order valence-corrected chi connectivity index (χ1v) is 1.06. The maximum absolute atomic E-state index is 10.5. The molecule has 0 aromatic carbocycles. The summed E-state index contributed by atoms with van der Waals surface area (Å²) in [5.41, 5.74) is 0. The molecule has 0 bridgehead atoms. The molecule has 0 aliphatic heterocycles. The molecule has 0 atom stereocenters. The van der Waals surface area contributed by atoms with Crippen LogP contribution in [0.5, 0.6) is 0 Å². The molecule has 0 rings (SSSR count). The summed E-state index contributed by atoms with van der Waals surface area (Å²) < 4.78 is 21.1. The molecule has 0 unspecified atom stereocenters. The van der Waals surface area contributed by atoms with Crippen molar-refractivity contribution in [3.05, 3.63) is 0 Å². The molecule has 0 aliphatic rings. The zero-order valence-corrected chi connectivity index (χ0v) is 2.61. The zero-order valence-electron chi connectivity index (χ0n) is 2.61. The minimum Gasteiger partial charge on any atom is -0.189 e. The van der Waals surface area contributed by atoms with E-state index in [0.717, 1.165) is 0 Å². The highest BCUT2D eigenvalue weighted by Gasteiger charge is 2.25. The van der Waals surface area contributed by atoms with Crippen molar-refractivity contribution in [2.45, 2.75) is 6.11 Å². The molecule has 33 valence electrons. The van der Waals surface area contributed by atoms with Gasteiger partial charge in [0.1, 0.15) is 0 Å². The van der Waals surface area contributed by atoms with Gasteiger partial charge in [-0.1, -0.05) is 0 Å². The van der Waals surface area contributed by atoms with E-state index in [-0.39, 0.29) is 6.07 Å². The van der Waals surface area contributed by atoms with Gasteiger partial charge in [0, 0.05) is 0 Å². The van der Waals surface area contributed by atoms with Gasteiger partial charge in [0.15, 0.2) is 6.07 Å². The van der Waals surface area contributed by atoms with Crippen molar-refractivity contribution < 1.29 is 13.9 Å². The molecule has 1 radical (unpaired) electrons. The molecule has 0 N–H and O–H groups in total. The van der Waals surface area contributed by atoms with Gasteiger partial charge in [0.05, 0.1) is 0 Å². The molecule has 0 heterocycles. The summed E-state index contributed by atoms with van der Waals surface area (Å²) >= 11 is 0. The van der Waals surface area contributed by atoms with Crippen LogP contribution in [0.3, 0.4) is 0 Å². The fourth-order valence-electron chi connectivity index (χ4n) is 0. The largest absolute Gasteiger partial charge is 0.474 e. The van der Waals surface area contributed by atoms with Gasteiger partial charge in [0.2, 0.25) is 0 Å². The van der Waals surface area contributed by atoms with Crippen LogP contribution in [0.1, 0.15) is 0 Å². The van der Waals surface area contributed by atoms with Crippen molar-refractivity contribution in [2.24, 2.45) is 0 Å². The van der Waals surface area contributed by atoms with Crippen molar-refractivity contribution >= 4 is 0 Å². The van der Waals surface area contributed by atoms with Crippen LogP contribution in [-0.4, -0.2) is 6.11 Å². The molecule has 0 aromatic heterocycles. The number of hydrogen-bond donors (Lipinski definition) is 0. The minimum absolute atomic E-state index is 0.215. The maximum Gasteiger partial charge on any atom is 0.474 e. The van der Waals surface area contributed by atoms with E-state index in [1.165, 1.54) is 0 Å². The Labute approximate surface area is 32.6 Å². The lowest BCUT2D eigenvalue weighted by atomic mass is 10.7. The maximum atomic E-state index is 10.5. The SMILES string of the molecule is N#CC([O])(F)F. The highest BCUT2D eigenvalue weighted by Crippen LogP contribution is 2.04. The van der Waals surface area contributed by atoms with E-state index in [2.05, 4.69) is 0 Å². The van der Waals surface area contributed by atoms with Gasteiger partial charge in [-0.15, -0.1) is 5.11 Å². The summed E-state index contributed by atoms with van der Waals surface area (Å²) in [5.74, 6) is 0. The zero-order chi connectivity index (χ0) is 5.21. The van der Waals surface area contributed by atoms with Crippen molar-refractivity contribution in [1.82, 2.24) is 0 Å². The lowest BCUT2D eigenvalue weighted by Crippen LogP contribution is -2.05. The first kappa shape index (κ1) is 5.31. The van der Waals surface area contributed by atoms with Crippen LogP contribution in [0.25, 0.3) is 0 Å². The molecule has 0 saturated heterocycles. The predicted octanol–water partition coefficient (Wildman–Crippen LogP) is 0.533. The number of nitriles is 1. The van der Waals surface area contributed by atoms with Crippen molar-refractivity contribution in [1.29, 1.82) is 5.26 Å². The van der Waals surface area contributed by atoms with Gasteiger partial charge < -0.3 is 0 Å². The van der Waals surface area contributed by atoms with Crippen LogP contribution in [0.15, 0.2) is 0 Å². The second-order valence-electron chi connectivity index (χ2n) is 0.629. The molecule has 0 aliphatic carbocycles. The molecule has 6 heavy (non-hydrogen) atoms. The number of halogens is 2. The van der Waals surface area contributed by atoms with Gasteiger partial charge in [-0.05, 0) is 0 Å². The number of nitrogens with zero attached hydrogens (tertiary/aromatic N) is 1. The molecule has 0 fully saturated rings. The summed E-state index contributed by atoms with van der Waals surface area (Å²) in [4.78, 5) is 0. The lowest BCUT2D eigenvalue weighted by Gasteiger charge is -1.85. The summed E-state index contributed by atoms with van der Waals surface area (Å²) in [6, 6.07) is 0.215. The second-order valence-corrected chi connectivity index (χ2v) is 0.629. The average Bonchev–Trinajstić information content (AvgIpc) is 1.35. The van der Waals surface area contributed by atoms with Crippen LogP contribution in [0.4, 0.5) is 8.78 Å². The first-order chi connectivity index (χ1) is 2.56. The molecular weight excluding hydrogens is 92.0 g/mol. The van der Waals surface area contributed by atoms with E-state index < -0.39 is 6.11 Å². The standard InChI is InChI=1S/C2F2NO/c3-2(4,6)1-5. The minimum atomic E-state index is -4.40. The highest BCUT2D eigenvalue weighted by molar-refractivity contribution is 4.79. The molecule has 0 amide bonds. The second kappa shape index (κ2) is 1.19. The van der Waals surface area contributed by atoms with Crippen LogP contribution in [0.2, 0.25) is 0 Å². The Bertz CT molecular complexity index is 78.5. The fraction of sp³-hybridized carbons (Fsp3) is 0.500. The average molecular weight is 92.0 g/mol. The van der Waals surface area contributed by atoms with Crippen molar-refractivity contribution in [2.75, 3.05) is 0 Å². The van der Waals surface area contributed by atoms with E-state index in [4.69, 9.17) is 10.4 Å². The topological polar surface area (TPSA) is 43.7 Å². The van der Waals surface area contributed by atoms with Gasteiger partial charge >= 0.3 is 6.11 Å². The third-order valence-electron chi connectivity index (χ3n) is 0.130. The van der Waals surface area contributed by atoms with Gasteiger partial charge in [-0.25, -0.2) is 0 Å². The molecule has 4 heteroatoms. The quantitative estimate of drug-likeness (QED) is 0.429. The summed E-state index contributed by atoms with van der Waals surface area (Å²) in [5, 5.41) is 15.9. The van der Waals surface area contributed by atoms with Gasteiger partial charge in [-0.2, -0.15) is 14.0 Å². The predicted molar refractivity (Wildman–Crippen MR) is 11.2 cm³/mol. The Kier molecular flexibility index (Phi) is 1.05. The van der Waals surface area contributed by atoms with Crippen LogP contribution in [-0.2, 0) is 5.11 Å². The Morgan fingerprint density at radius 2 is 1.83 bits per heavy atom.